The molecule has 0 unspecified atom stereocenters. The van der Waals surface area contributed by atoms with E-state index < -0.39 is 10.0 Å². The molecule has 0 spiro atoms. The van der Waals surface area contributed by atoms with E-state index in [1.54, 1.807) is 6.07 Å². The van der Waals surface area contributed by atoms with Gasteiger partial charge in [0, 0.05) is 12.1 Å². The minimum Gasteiger partial charge on any atom is -0.320 e. The van der Waals surface area contributed by atoms with Crippen molar-refractivity contribution in [2.75, 3.05) is 23.1 Å². The molecule has 1 aliphatic heterocycles. The number of sulfonamides is 1. The summed E-state index contributed by atoms with van der Waals surface area (Å²) in [5.41, 5.74) is 7.84. The van der Waals surface area contributed by atoms with Crippen LogP contribution < -0.4 is 10.0 Å². The molecule has 1 aliphatic rings. The zero-order valence-electron chi connectivity index (χ0n) is 10.3. The maximum absolute atomic E-state index is 11.9. The Bertz CT molecular complexity index is 612. The van der Waals surface area contributed by atoms with E-state index in [-0.39, 0.29) is 5.75 Å². The Kier molecular flexibility index (Phi) is 3.60. The smallest absolute Gasteiger partial charge is 0.235 e. The molecule has 1 aromatic rings. The summed E-state index contributed by atoms with van der Waals surface area (Å²) in [6.45, 7) is 2.78. The van der Waals surface area contributed by atoms with E-state index in [1.807, 2.05) is 19.1 Å². The first-order valence-corrected chi connectivity index (χ1v) is 7.45. The monoisotopic (exact) mass is 264 g/mol. The molecular formula is C13H16N2O2S. The molecule has 2 rings (SSSR count). The van der Waals surface area contributed by atoms with Crippen molar-refractivity contribution in [3.05, 3.63) is 29.3 Å². The summed E-state index contributed by atoms with van der Waals surface area (Å²) in [5.74, 6) is 5.95. The fourth-order valence-electron chi connectivity index (χ4n) is 2.06. The summed E-state index contributed by atoms with van der Waals surface area (Å²) >= 11 is 0. The Morgan fingerprint density at radius 1 is 1.39 bits per heavy atom. The SMILES string of the molecule is Cc1cc(C#CCN)cc(N2CCCS2(=O)=O)c1. The zero-order valence-corrected chi connectivity index (χ0v) is 11.1. The van der Waals surface area contributed by atoms with E-state index in [9.17, 15) is 8.42 Å². The molecule has 0 aromatic heterocycles. The molecule has 1 heterocycles. The Morgan fingerprint density at radius 3 is 2.78 bits per heavy atom. The van der Waals surface area contributed by atoms with Gasteiger partial charge >= 0.3 is 0 Å². The van der Waals surface area contributed by atoms with Gasteiger partial charge in [0.2, 0.25) is 10.0 Å². The van der Waals surface area contributed by atoms with Crippen LogP contribution in [0.3, 0.4) is 0 Å². The minimum absolute atomic E-state index is 0.227. The van der Waals surface area contributed by atoms with Crippen molar-refractivity contribution in [3.63, 3.8) is 0 Å². The number of benzene rings is 1. The first-order valence-electron chi connectivity index (χ1n) is 5.84. The van der Waals surface area contributed by atoms with Crippen LogP contribution in [-0.2, 0) is 10.0 Å². The number of hydrogen-bond donors (Lipinski definition) is 1. The summed E-state index contributed by atoms with van der Waals surface area (Å²) in [7, 11) is -3.13. The third kappa shape index (κ3) is 2.66. The van der Waals surface area contributed by atoms with E-state index in [0.717, 1.165) is 11.1 Å². The van der Waals surface area contributed by atoms with Crippen molar-refractivity contribution < 1.29 is 8.42 Å². The van der Waals surface area contributed by atoms with Crippen molar-refractivity contribution >= 4 is 15.7 Å². The molecule has 96 valence electrons. The largest absolute Gasteiger partial charge is 0.320 e. The average Bonchev–Trinajstić information content (AvgIpc) is 2.65. The van der Waals surface area contributed by atoms with Crippen LogP contribution in [0.25, 0.3) is 0 Å². The summed E-state index contributed by atoms with van der Waals surface area (Å²) in [5, 5.41) is 0. The number of rotatable bonds is 1. The highest BCUT2D eigenvalue weighted by molar-refractivity contribution is 7.93. The van der Waals surface area contributed by atoms with Gasteiger partial charge in [-0.1, -0.05) is 11.8 Å². The van der Waals surface area contributed by atoms with Crippen LogP contribution in [0, 0.1) is 18.8 Å². The van der Waals surface area contributed by atoms with Gasteiger partial charge in [-0.3, -0.25) is 4.31 Å². The van der Waals surface area contributed by atoms with Crippen LogP contribution >= 0.6 is 0 Å². The van der Waals surface area contributed by atoms with Crippen molar-refractivity contribution in [2.24, 2.45) is 5.73 Å². The van der Waals surface area contributed by atoms with Crippen molar-refractivity contribution in [1.29, 1.82) is 0 Å². The number of nitrogens with two attached hydrogens (primary N) is 1. The average molecular weight is 264 g/mol. The number of hydrogen-bond acceptors (Lipinski definition) is 3. The fraction of sp³-hybridized carbons (Fsp3) is 0.385. The summed E-state index contributed by atoms with van der Waals surface area (Å²) in [6.07, 6.45) is 0.681. The molecule has 1 aromatic carbocycles. The molecule has 0 saturated carbocycles. The van der Waals surface area contributed by atoms with Gasteiger partial charge in [-0.05, 0) is 37.1 Å². The van der Waals surface area contributed by atoms with Crippen molar-refractivity contribution in [3.8, 4) is 11.8 Å². The Balaban J connectivity index is 2.42. The molecule has 4 nitrogen and oxygen atoms in total. The van der Waals surface area contributed by atoms with Crippen molar-refractivity contribution in [1.82, 2.24) is 0 Å². The predicted molar refractivity (Wildman–Crippen MR) is 72.9 cm³/mol. The lowest BCUT2D eigenvalue weighted by Crippen LogP contribution is -2.25. The van der Waals surface area contributed by atoms with Gasteiger partial charge in [0.05, 0.1) is 18.0 Å². The predicted octanol–water partition coefficient (Wildman–Crippen LogP) is 0.845. The molecule has 5 heteroatoms. The number of anilines is 1. The molecule has 18 heavy (non-hydrogen) atoms. The van der Waals surface area contributed by atoms with Gasteiger partial charge in [-0.25, -0.2) is 8.42 Å². The second kappa shape index (κ2) is 5.01. The highest BCUT2D eigenvalue weighted by Gasteiger charge is 2.28. The van der Waals surface area contributed by atoms with Crippen LogP contribution in [0.2, 0.25) is 0 Å². The van der Waals surface area contributed by atoms with Gasteiger partial charge < -0.3 is 5.73 Å². The van der Waals surface area contributed by atoms with Gasteiger partial charge in [0.1, 0.15) is 0 Å². The second-order valence-corrected chi connectivity index (χ2v) is 6.32. The highest BCUT2D eigenvalue weighted by Crippen LogP contribution is 2.25. The molecule has 0 aliphatic carbocycles. The summed E-state index contributed by atoms with van der Waals surface area (Å²) in [4.78, 5) is 0. The summed E-state index contributed by atoms with van der Waals surface area (Å²) in [6, 6.07) is 5.60. The number of aryl methyl sites for hydroxylation is 1. The van der Waals surface area contributed by atoms with E-state index in [0.29, 0.717) is 25.2 Å². The van der Waals surface area contributed by atoms with Gasteiger partial charge in [-0.15, -0.1) is 0 Å². The van der Waals surface area contributed by atoms with Crippen molar-refractivity contribution in [2.45, 2.75) is 13.3 Å². The van der Waals surface area contributed by atoms with E-state index in [1.165, 1.54) is 4.31 Å². The molecule has 2 N–H and O–H groups in total. The molecule has 0 bridgehead atoms. The maximum atomic E-state index is 11.9. The van der Waals surface area contributed by atoms with Crippen LogP contribution in [-0.4, -0.2) is 27.3 Å². The first-order chi connectivity index (χ1) is 8.53. The van der Waals surface area contributed by atoms with E-state index in [2.05, 4.69) is 11.8 Å². The Hall–Kier alpha value is -1.51. The third-order valence-corrected chi connectivity index (χ3v) is 4.65. The first kappa shape index (κ1) is 12.9. The molecule has 1 fully saturated rings. The van der Waals surface area contributed by atoms with E-state index >= 15 is 0 Å². The third-order valence-electron chi connectivity index (χ3n) is 2.78. The molecule has 0 atom stereocenters. The van der Waals surface area contributed by atoms with E-state index in [4.69, 9.17) is 5.73 Å². The molecular weight excluding hydrogens is 248 g/mol. The van der Waals surface area contributed by atoms with Gasteiger partial charge in [-0.2, -0.15) is 0 Å². The van der Waals surface area contributed by atoms with Crippen LogP contribution in [0.15, 0.2) is 18.2 Å². The minimum atomic E-state index is -3.13. The maximum Gasteiger partial charge on any atom is 0.235 e. The summed E-state index contributed by atoms with van der Waals surface area (Å²) < 4.78 is 25.2. The topological polar surface area (TPSA) is 63.4 Å². The lowest BCUT2D eigenvalue weighted by Gasteiger charge is -2.17. The lowest BCUT2D eigenvalue weighted by atomic mass is 10.1. The van der Waals surface area contributed by atoms with Gasteiger partial charge in [0.25, 0.3) is 0 Å². The zero-order chi connectivity index (χ0) is 13.2. The van der Waals surface area contributed by atoms with Crippen LogP contribution in [0.5, 0.6) is 0 Å². The Morgan fingerprint density at radius 2 is 2.17 bits per heavy atom. The highest BCUT2D eigenvalue weighted by atomic mass is 32.2. The number of nitrogens with zero attached hydrogens (tertiary/aromatic N) is 1. The van der Waals surface area contributed by atoms with Gasteiger partial charge in [0.15, 0.2) is 0 Å². The lowest BCUT2D eigenvalue weighted by molar-refractivity contribution is 0.599. The van der Waals surface area contributed by atoms with Crippen LogP contribution in [0.1, 0.15) is 17.5 Å². The quantitative estimate of drug-likeness (QED) is 0.765. The fourth-order valence-corrected chi connectivity index (χ4v) is 3.61. The second-order valence-electron chi connectivity index (χ2n) is 4.30. The standard InChI is InChI=1S/C13H16N2O2S/c1-11-8-12(4-2-5-14)10-13(9-11)15-6-3-7-18(15,16)17/h8-10H,3,5-7,14H2,1H3. The Labute approximate surface area is 108 Å². The molecule has 1 saturated heterocycles. The molecule has 0 radical (unpaired) electrons. The van der Waals surface area contributed by atoms with Crippen LogP contribution in [0.4, 0.5) is 5.69 Å². The molecule has 0 amide bonds. The normalized spacial score (nSPS) is 17.3.